The lowest BCUT2D eigenvalue weighted by Crippen LogP contribution is -2.42. The molecule has 0 radical (unpaired) electrons. The summed E-state index contributed by atoms with van der Waals surface area (Å²) in [6.07, 6.45) is 4.73. The minimum absolute atomic E-state index is 0.259. The van der Waals surface area contributed by atoms with Crippen molar-refractivity contribution in [2.75, 3.05) is 6.54 Å². The molecule has 24 heavy (non-hydrogen) atoms. The van der Waals surface area contributed by atoms with Gasteiger partial charge in [0.2, 0.25) is 0 Å². The largest absolute Gasteiger partial charge is 0.328 e. The zero-order chi connectivity index (χ0) is 16.7. The molecule has 0 atom stereocenters. The van der Waals surface area contributed by atoms with Crippen LogP contribution in [-0.4, -0.2) is 33.2 Å². The van der Waals surface area contributed by atoms with Gasteiger partial charge in [0.15, 0.2) is 0 Å². The van der Waals surface area contributed by atoms with Crippen LogP contribution in [0.2, 0.25) is 0 Å². The molecule has 0 bridgehead atoms. The van der Waals surface area contributed by atoms with Crippen LogP contribution in [0, 0.1) is 0 Å². The highest BCUT2D eigenvalue weighted by molar-refractivity contribution is 6.24. The summed E-state index contributed by atoms with van der Waals surface area (Å²) in [6, 6.07) is 9.65. The van der Waals surface area contributed by atoms with Crippen molar-refractivity contribution >= 4 is 22.6 Å². The Balaban J connectivity index is 1.75. The van der Waals surface area contributed by atoms with Crippen molar-refractivity contribution in [3.63, 3.8) is 0 Å². The van der Waals surface area contributed by atoms with Gasteiger partial charge in [0.05, 0.1) is 16.5 Å². The lowest BCUT2D eigenvalue weighted by atomic mass is 9.98. The molecular weight excluding hydrogens is 306 g/mol. The lowest BCUT2D eigenvalue weighted by Gasteiger charge is -2.26. The average Bonchev–Trinajstić information content (AvgIpc) is 2.61. The van der Waals surface area contributed by atoms with Crippen molar-refractivity contribution in [1.29, 1.82) is 0 Å². The Hall–Kier alpha value is -3.28. The topological polar surface area (TPSA) is 83.1 Å². The zero-order valence-electron chi connectivity index (χ0n) is 12.7. The smallest absolute Gasteiger partial charge is 0.262 e. The Labute approximate surface area is 136 Å². The van der Waals surface area contributed by atoms with Crippen LogP contribution in [0.5, 0.6) is 0 Å². The quantitative estimate of drug-likeness (QED) is 0.746. The third-order valence-electron chi connectivity index (χ3n) is 4.23. The van der Waals surface area contributed by atoms with E-state index in [4.69, 9.17) is 0 Å². The number of aromatic amines is 1. The first-order valence-electron chi connectivity index (χ1n) is 7.56. The molecule has 3 heterocycles. The first-order chi connectivity index (χ1) is 11.7. The minimum atomic E-state index is -0.410. The molecule has 2 aromatic heterocycles. The predicted octanol–water partition coefficient (Wildman–Crippen LogP) is 1.76. The monoisotopic (exact) mass is 319 g/mol. The molecule has 0 spiro atoms. The van der Waals surface area contributed by atoms with E-state index >= 15 is 0 Å². The van der Waals surface area contributed by atoms with Crippen LogP contribution in [0.4, 0.5) is 0 Å². The summed E-state index contributed by atoms with van der Waals surface area (Å²) in [5.74, 6) is -0.803. The van der Waals surface area contributed by atoms with E-state index in [0.29, 0.717) is 22.9 Å². The van der Waals surface area contributed by atoms with Crippen LogP contribution < -0.4 is 5.56 Å². The van der Waals surface area contributed by atoms with Gasteiger partial charge in [-0.3, -0.25) is 24.3 Å². The Morgan fingerprint density at radius 3 is 2.50 bits per heavy atom. The highest BCUT2D eigenvalue weighted by Gasteiger charge is 2.33. The van der Waals surface area contributed by atoms with Crippen LogP contribution in [0.1, 0.15) is 26.3 Å². The molecule has 4 rings (SSSR count). The summed E-state index contributed by atoms with van der Waals surface area (Å²) in [7, 11) is 0. The summed E-state index contributed by atoms with van der Waals surface area (Å²) in [5.41, 5.74) is 1.30. The van der Waals surface area contributed by atoms with Crippen molar-refractivity contribution in [3.05, 3.63) is 76.0 Å². The fourth-order valence-corrected chi connectivity index (χ4v) is 3.01. The van der Waals surface area contributed by atoms with Crippen molar-refractivity contribution in [1.82, 2.24) is 14.9 Å². The van der Waals surface area contributed by atoms with Gasteiger partial charge in [-0.1, -0.05) is 30.3 Å². The van der Waals surface area contributed by atoms with Gasteiger partial charge in [-0.25, -0.2) is 0 Å². The number of rotatable bonds is 3. The summed E-state index contributed by atoms with van der Waals surface area (Å²) < 4.78 is 0. The van der Waals surface area contributed by atoms with Gasteiger partial charge in [0, 0.05) is 30.5 Å². The summed E-state index contributed by atoms with van der Waals surface area (Å²) in [4.78, 5) is 45.0. The highest BCUT2D eigenvalue weighted by atomic mass is 16.2. The van der Waals surface area contributed by atoms with E-state index in [1.807, 2.05) is 30.3 Å². The second-order valence-electron chi connectivity index (χ2n) is 5.64. The number of carbonyl (C=O) groups excluding carboxylic acids is 2. The molecule has 6 nitrogen and oxygen atoms in total. The molecule has 1 aromatic carbocycles. The molecule has 3 aromatic rings. The standard InChI is InChI=1S/C18H13N3O3/c22-16-12-8-19-9-13-15(12)14(10-20-16)18(24)21(17(13)23)7-6-11-4-2-1-3-5-11/h1-5,8-10H,6-7H2,(H,20,22). The second-order valence-corrected chi connectivity index (χ2v) is 5.64. The molecule has 0 saturated carbocycles. The number of H-pyrrole nitrogens is 1. The normalized spacial score (nSPS) is 13.6. The average molecular weight is 319 g/mol. The second kappa shape index (κ2) is 5.42. The lowest BCUT2D eigenvalue weighted by molar-refractivity contribution is 0.0612. The predicted molar refractivity (Wildman–Crippen MR) is 87.9 cm³/mol. The zero-order valence-corrected chi connectivity index (χ0v) is 12.7. The van der Waals surface area contributed by atoms with Gasteiger partial charge >= 0.3 is 0 Å². The summed E-state index contributed by atoms with van der Waals surface area (Å²) in [5, 5.41) is 0.647. The number of hydrogen-bond acceptors (Lipinski definition) is 4. The fourth-order valence-electron chi connectivity index (χ4n) is 3.01. The van der Waals surface area contributed by atoms with E-state index < -0.39 is 11.8 Å². The van der Waals surface area contributed by atoms with E-state index in [9.17, 15) is 14.4 Å². The maximum atomic E-state index is 12.7. The fraction of sp³-hybridized carbons (Fsp3) is 0.111. The number of hydrogen-bond donors (Lipinski definition) is 1. The molecular formula is C18H13N3O3. The molecule has 1 N–H and O–H groups in total. The molecule has 2 amide bonds. The molecule has 1 aliphatic heterocycles. The van der Waals surface area contributed by atoms with Gasteiger partial charge in [-0.15, -0.1) is 0 Å². The maximum Gasteiger partial charge on any atom is 0.262 e. The van der Waals surface area contributed by atoms with E-state index in [0.717, 1.165) is 5.56 Å². The van der Waals surface area contributed by atoms with Crippen LogP contribution in [0.25, 0.3) is 10.8 Å². The number of carbonyl (C=O) groups is 2. The Morgan fingerprint density at radius 2 is 1.71 bits per heavy atom. The number of nitrogens with zero attached hydrogens (tertiary/aromatic N) is 2. The number of benzene rings is 1. The first kappa shape index (κ1) is 14.3. The van der Waals surface area contributed by atoms with E-state index in [-0.39, 0.29) is 17.5 Å². The molecule has 0 aliphatic carbocycles. The molecule has 0 saturated heterocycles. The molecule has 6 heteroatoms. The number of amides is 2. The van der Waals surface area contributed by atoms with E-state index in [1.165, 1.54) is 23.5 Å². The summed E-state index contributed by atoms with van der Waals surface area (Å²) in [6.45, 7) is 0.274. The van der Waals surface area contributed by atoms with Crippen molar-refractivity contribution in [2.45, 2.75) is 6.42 Å². The van der Waals surface area contributed by atoms with Gasteiger partial charge in [-0.2, -0.15) is 0 Å². The van der Waals surface area contributed by atoms with E-state index in [1.54, 1.807) is 0 Å². The first-order valence-corrected chi connectivity index (χ1v) is 7.56. The minimum Gasteiger partial charge on any atom is -0.328 e. The molecule has 118 valence electrons. The van der Waals surface area contributed by atoms with Gasteiger partial charge in [0.25, 0.3) is 17.4 Å². The number of nitrogens with one attached hydrogen (secondary N) is 1. The van der Waals surface area contributed by atoms with Crippen molar-refractivity contribution < 1.29 is 9.59 Å². The van der Waals surface area contributed by atoms with Crippen LogP contribution >= 0.6 is 0 Å². The number of aromatic nitrogens is 2. The van der Waals surface area contributed by atoms with E-state index in [2.05, 4.69) is 9.97 Å². The number of imide groups is 1. The Kier molecular flexibility index (Phi) is 3.23. The number of pyridine rings is 2. The van der Waals surface area contributed by atoms with Gasteiger partial charge in [-0.05, 0) is 12.0 Å². The Bertz CT molecular complexity index is 1000. The third kappa shape index (κ3) is 2.11. The van der Waals surface area contributed by atoms with Gasteiger partial charge in [0.1, 0.15) is 0 Å². The van der Waals surface area contributed by atoms with Crippen molar-refractivity contribution in [3.8, 4) is 0 Å². The Morgan fingerprint density at radius 1 is 0.958 bits per heavy atom. The van der Waals surface area contributed by atoms with Gasteiger partial charge < -0.3 is 4.98 Å². The molecule has 1 aliphatic rings. The van der Waals surface area contributed by atoms with Crippen LogP contribution in [-0.2, 0) is 6.42 Å². The SMILES string of the molecule is O=C1c2cncc3c(=O)[nH]cc(c23)C(=O)N1CCc1ccccc1. The van der Waals surface area contributed by atoms with Crippen molar-refractivity contribution in [2.24, 2.45) is 0 Å². The molecule has 0 fully saturated rings. The summed E-state index contributed by atoms with van der Waals surface area (Å²) >= 11 is 0. The molecule has 0 unspecified atom stereocenters. The van der Waals surface area contributed by atoms with Crippen LogP contribution in [0.3, 0.4) is 0 Å². The van der Waals surface area contributed by atoms with Crippen LogP contribution in [0.15, 0.2) is 53.7 Å². The highest BCUT2D eigenvalue weighted by Crippen LogP contribution is 2.27. The maximum absolute atomic E-state index is 12.7. The third-order valence-corrected chi connectivity index (χ3v) is 4.23.